The van der Waals surface area contributed by atoms with E-state index in [0.717, 1.165) is 24.8 Å². The first-order valence-electron chi connectivity index (χ1n) is 8.27. The fraction of sp³-hybridized carbons (Fsp3) is 0.474. The molecule has 23 heavy (non-hydrogen) atoms. The number of allylic oxidation sites excluding steroid dienone is 2. The van der Waals surface area contributed by atoms with Crippen LogP contribution in [0.2, 0.25) is 0 Å². The van der Waals surface area contributed by atoms with Crippen LogP contribution in [0.1, 0.15) is 38.7 Å². The summed E-state index contributed by atoms with van der Waals surface area (Å²) in [5.74, 6) is 0.287. The molecule has 1 saturated heterocycles. The van der Waals surface area contributed by atoms with Crippen molar-refractivity contribution in [2.45, 2.75) is 57.0 Å². The Labute approximate surface area is 140 Å². The normalized spacial score (nSPS) is 23.5. The third kappa shape index (κ3) is 3.93. The molecule has 0 spiro atoms. The van der Waals surface area contributed by atoms with Gasteiger partial charge < -0.3 is 0 Å². The second kappa shape index (κ2) is 7.45. The number of nitrogens with zero attached hydrogens (tertiary/aromatic N) is 1. The molecule has 2 unspecified atom stereocenters. The van der Waals surface area contributed by atoms with Gasteiger partial charge in [-0.05, 0) is 44.2 Å². The van der Waals surface area contributed by atoms with Crippen molar-refractivity contribution in [1.29, 1.82) is 0 Å². The van der Waals surface area contributed by atoms with Gasteiger partial charge in [-0.2, -0.15) is 4.31 Å². The summed E-state index contributed by atoms with van der Waals surface area (Å²) in [6.07, 6.45) is 8.35. The highest BCUT2D eigenvalue weighted by molar-refractivity contribution is 7.89. The minimum Gasteiger partial charge on any atom is -0.207 e. The molecule has 126 valence electrons. The maximum absolute atomic E-state index is 13.3. The second-order valence-corrected chi connectivity index (χ2v) is 8.42. The SMILES string of the molecule is C=C/C=C/C1CCCC(C(C)C)N1S(=O)(=O)c1ccc(C)cc1. The van der Waals surface area contributed by atoms with Crippen LogP contribution in [0.4, 0.5) is 0 Å². The minimum absolute atomic E-state index is 0.0366. The maximum atomic E-state index is 13.3. The van der Waals surface area contributed by atoms with E-state index in [9.17, 15) is 8.42 Å². The Hall–Kier alpha value is -1.39. The number of sulfonamides is 1. The number of benzene rings is 1. The quantitative estimate of drug-likeness (QED) is 0.753. The summed E-state index contributed by atoms with van der Waals surface area (Å²) in [5.41, 5.74) is 1.06. The van der Waals surface area contributed by atoms with Crippen LogP contribution in [0.25, 0.3) is 0 Å². The monoisotopic (exact) mass is 333 g/mol. The Bertz CT molecular complexity index is 659. The summed E-state index contributed by atoms with van der Waals surface area (Å²) in [4.78, 5) is 0.382. The van der Waals surface area contributed by atoms with Gasteiger partial charge in [0.15, 0.2) is 0 Å². The Morgan fingerprint density at radius 1 is 1.22 bits per heavy atom. The number of aryl methyl sites for hydroxylation is 1. The molecule has 0 N–H and O–H groups in total. The Kier molecular flexibility index (Phi) is 5.82. The zero-order valence-corrected chi connectivity index (χ0v) is 15.1. The molecular weight excluding hydrogens is 306 g/mol. The van der Waals surface area contributed by atoms with Crippen LogP contribution in [-0.2, 0) is 10.0 Å². The van der Waals surface area contributed by atoms with E-state index in [4.69, 9.17) is 0 Å². The first-order chi connectivity index (χ1) is 10.9. The Morgan fingerprint density at radius 3 is 2.43 bits per heavy atom. The third-order valence-electron chi connectivity index (χ3n) is 4.49. The number of hydrogen-bond acceptors (Lipinski definition) is 2. The molecule has 0 amide bonds. The van der Waals surface area contributed by atoms with E-state index in [2.05, 4.69) is 20.4 Å². The van der Waals surface area contributed by atoms with Gasteiger partial charge in [-0.15, -0.1) is 0 Å². The molecule has 1 aromatic rings. The summed E-state index contributed by atoms with van der Waals surface area (Å²) < 4.78 is 28.2. The number of hydrogen-bond donors (Lipinski definition) is 0. The van der Waals surface area contributed by atoms with Crippen molar-refractivity contribution in [3.63, 3.8) is 0 Å². The van der Waals surface area contributed by atoms with Gasteiger partial charge >= 0.3 is 0 Å². The molecule has 1 aliphatic heterocycles. The van der Waals surface area contributed by atoms with Crippen LogP contribution in [0.5, 0.6) is 0 Å². The molecule has 1 aromatic carbocycles. The third-order valence-corrected chi connectivity index (χ3v) is 6.45. The van der Waals surface area contributed by atoms with Crippen LogP contribution < -0.4 is 0 Å². The van der Waals surface area contributed by atoms with E-state index in [0.29, 0.717) is 4.90 Å². The van der Waals surface area contributed by atoms with Crippen LogP contribution >= 0.6 is 0 Å². The van der Waals surface area contributed by atoms with E-state index in [-0.39, 0.29) is 18.0 Å². The number of rotatable bonds is 5. The van der Waals surface area contributed by atoms with Crippen LogP contribution in [-0.4, -0.2) is 24.8 Å². The van der Waals surface area contributed by atoms with Gasteiger partial charge in [0.2, 0.25) is 10.0 Å². The van der Waals surface area contributed by atoms with Gasteiger partial charge in [-0.1, -0.05) is 56.4 Å². The Morgan fingerprint density at radius 2 is 1.87 bits per heavy atom. The van der Waals surface area contributed by atoms with Crippen molar-refractivity contribution in [3.05, 3.63) is 54.6 Å². The molecule has 4 heteroatoms. The zero-order chi connectivity index (χ0) is 17.0. The predicted molar refractivity (Wildman–Crippen MR) is 95.8 cm³/mol. The molecule has 2 rings (SSSR count). The molecule has 2 atom stereocenters. The highest BCUT2D eigenvalue weighted by Gasteiger charge is 2.39. The molecule has 1 aliphatic rings. The summed E-state index contributed by atoms with van der Waals surface area (Å²) >= 11 is 0. The topological polar surface area (TPSA) is 37.4 Å². The van der Waals surface area contributed by atoms with Gasteiger partial charge in [-0.3, -0.25) is 0 Å². The summed E-state index contributed by atoms with van der Waals surface area (Å²) in [6.45, 7) is 9.86. The van der Waals surface area contributed by atoms with Gasteiger partial charge in [0.25, 0.3) is 0 Å². The summed E-state index contributed by atoms with van der Waals surface area (Å²) in [6, 6.07) is 7.08. The molecule has 1 fully saturated rings. The lowest BCUT2D eigenvalue weighted by Crippen LogP contribution is -2.51. The average molecular weight is 333 g/mol. The molecule has 0 saturated carbocycles. The van der Waals surface area contributed by atoms with Crippen molar-refractivity contribution >= 4 is 10.0 Å². The molecular formula is C19H27NO2S. The van der Waals surface area contributed by atoms with Crippen molar-refractivity contribution in [2.75, 3.05) is 0 Å². The molecule has 0 aromatic heterocycles. The average Bonchev–Trinajstić information content (AvgIpc) is 2.52. The van der Waals surface area contributed by atoms with Crippen molar-refractivity contribution in [1.82, 2.24) is 4.31 Å². The smallest absolute Gasteiger partial charge is 0.207 e. The molecule has 0 radical (unpaired) electrons. The zero-order valence-electron chi connectivity index (χ0n) is 14.3. The first-order valence-corrected chi connectivity index (χ1v) is 9.71. The highest BCUT2D eigenvalue weighted by Crippen LogP contribution is 2.33. The second-order valence-electron chi connectivity index (χ2n) is 6.58. The standard InChI is InChI=1S/C19H27NO2S/c1-5-6-8-17-9-7-10-19(15(2)3)20(17)23(21,22)18-13-11-16(4)12-14-18/h5-6,8,11-15,17,19H,1,7,9-10H2,2-4H3/b8-6+. The number of piperidine rings is 1. The lowest BCUT2D eigenvalue weighted by atomic mass is 9.91. The highest BCUT2D eigenvalue weighted by atomic mass is 32.2. The largest absolute Gasteiger partial charge is 0.243 e. The molecule has 1 heterocycles. The van der Waals surface area contributed by atoms with Crippen LogP contribution in [0.3, 0.4) is 0 Å². The summed E-state index contributed by atoms with van der Waals surface area (Å²) in [7, 11) is -3.50. The summed E-state index contributed by atoms with van der Waals surface area (Å²) in [5, 5.41) is 0. The molecule has 0 aliphatic carbocycles. The maximum Gasteiger partial charge on any atom is 0.243 e. The van der Waals surface area contributed by atoms with Crippen molar-refractivity contribution in [3.8, 4) is 0 Å². The lowest BCUT2D eigenvalue weighted by Gasteiger charge is -2.41. The van der Waals surface area contributed by atoms with Gasteiger partial charge in [0, 0.05) is 12.1 Å². The van der Waals surface area contributed by atoms with Gasteiger partial charge in [0.05, 0.1) is 4.90 Å². The molecule has 3 nitrogen and oxygen atoms in total. The molecule has 0 bridgehead atoms. The van der Waals surface area contributed by atoms with Gasteiger partial charge in [0.1, 0.15) is 0 Å². The van der Waals surface area contributed by atoms with Gasteiger partial charge in [-0.25, -0.2) is 8.42 Å². The fourth-order valence-corrected chi connectivity index (χ4v) is 5.20. The van der Waals surface area contributed by atoms with Crippen molar-refractivity contribution < 1.29 is 8.42 Å². The van der Waals surface area contributed by atoms with Crippen LogP contribution in [0, 0.1) is 12.8 Å². The van der Waals surface area contributed by atoms with E-state index >= 15 is 0 Å². The van der Waals surface area contributed by atoms with Crippen molar-refractivity contribution in [2.24, 2.45) is 5.92 Å². The van der Waals surface area contributed by atoms with Crippen LogP contribution in [0.15, 0.2) is 54.0 Å². The predicted octanol–water partition coefficient (Wildman–Crippen LogP) is 4.31. The lowest BCUT2D eigenvalue weighted by molar-refractivity contribution is 0.167. The van der Waals surface area contributed by atoms with E-state index < -0.39 is 10.0 Å². The van der Waals surface area contributed by atoms with E-state index in [1.165, 1.54) is 0 Å². The fourth-order valence-electron chi connectivity index (χ4n) is 3.24. The van der Waals surface area contributed by atoms with E-state index in [1.807, 2.05) is 31.2 Å². The Balaban J connectivity index is 2.47. The first kappa shape index (κ1) is 18.0. The minimum atomic E-state index is -3.50. The van der Waals surface area contributed by atoms with E-state index in [1.54, 1.807) is 22.5 Å².